The first-order valence-electron chi connectivity index (χ1n) is 14.8. The SMILES string of the molecule is CC(C)OC(=O)N1CCC(Nc2ncc(Cl)c(-c3ccc4c(c3)C(=O)N(CC(=O)N3CCc5ccccc5C3)C4)n2)CC1. The van der Waals surface area contributed by atoms with Crippen LogP contribution in [0.4, 0.5) is 10.7 Å². The van der Waals surface area contributed by atoms with Gasteiger partial charge >= 0.3 is 6.09 Å². The number of benzene rings is 2. The van der Waals surface area contributed by atoms with Gasteiger partial charge in [-0.1, -0.05) is 48.0 Å². The van der Waals surface area contributed by atoms with Crippen molar-refractivity contribution >= 4 is 35.5 Å². The molecule has 6 rings (SSSR count). The number of hydrogen-bond donors (Lipinski definition) is 1. The van der Waals surface area contributed by atoms with Crippen LogP contribution in [0.25, 0.3) is 11.3 Å². The average Bonchev–Trinajstić information content (AvgIpc) is 3.31. The molecule has 0 aliphatic carbocycles. The van der Waals surface area contributed by atoms with Crippen molar-refractivity contribution in [1.82, 2.24) is 24.7 Å². The van der Waals surface area contributed by atoms with E-state index in [1.54, 1.807) is 22.1 Å². The van der Waals surface area contributed by atoms with Gasteiger partial charge < -0.3 is 24.8 Å². The quantitative estimate of drug-likeness (QED) is 0.433. The highest BCUT2D eigenvalue weighted by molar-refractivity contribution is 6.33. The molecule has 43 heavy (non-hydrogen) atoms. The molecule has 0 radical (unpaired) electrons. The number of anilines is 1. The largest absolute Gasteiger partial charge is 0.447 e. The summed E-state index contributed by atoms with van der Waals surface area (Å²) in [6.45, 7) is 6.50. The van der Waals surface area contributed by atoms with Crippen molar-refractivity contribution in [3.8, 4) is 11.3 Å². The van der Waals surface area contributed by atoms with Crippen LogP contribution in [0.2, 0.25) is 5.02 Å². The highest BCUT2D eigenvalue weighted by Crippen LogP contribution is 2.32. The van der Waals surface area contributed by atoms with Crippen molar-refractivity contribution in [3.05, 3.63) is 75.9 Å². The molecule has 1 fully saturated rings. The summed E-state index contributed by atoms with van der Waals surface area (Å²) in [5.74, 6) is 0.215. The maximum atomic E-state index is 13.4. The molecule has 10 nitrogen and oxygen atoms in total. The van der Waals surface area contributed by atoms with E-state index in [4.69, 9.17) is 16.3 Å². The van der Waals surface area contributed by atoms with E-state index < -0.39 is 0 Å². The Labute approximate surface area is 256 Å². The van der Waals surface area contributed by atoms with Crippen molar-refractivity contribution in [3.63, 3.8) is 0 Å². The molecule has 2 aromatic carbocycles. The Balaban J connectivity index is 1.10. The first-order valence-corrected chi connectivity index (χ1v) is 15.1. The first kappa shape index (κ1) is 28.9. The van der Waals surface area contributed by atoms with E-state index in [1.807, 2.05) is 43.0 Å². The highest BCUT2D eigenvalue weighted by atomic mass is 35.5. The smallest absolute Gasteiger partial charge is 0.410 e. The van der Waals surface area contributed by atoms with Gasteiger partial charge in [0, 0.05) is 49.9 Å². The minimum atomic E-state index is -0.287. The Morgan fingerprint density at radius 3 is 2.56 bits per heavy atom. The van der Waals surface area contributed by atoms with Crippen molar-refractivity contribution in [2.75, 3.05) is 31.5 Å². The Kier molecular flexibility index (Phi) is 8.21. The van der Waals surface area contributed by atoms with Gasteiger partial charge in [0.1, 0.15) is 6.54 Å². The van der Waals surface area contributed by atoms with E-state index in [-0.39, 0.29) is 36.6 Å². The van der Waals surface area contributed by atoms with Crippen LogP contribution in [0.3, 0.4) is 0 Å². The minimum Gasteiger partial charge on any atom is -0.447 e. The molecule has 11 heteroatoms. The lowest BCUT2D eigenvalue weighted by Crippen LogP contribution is -2.43. The first-order chi connectivity index (χ1) is 20.7. The van der Waals surface area contributed by atoms with Crippen LogP contribution in [0.5, 0.6) is 0 Å². The van der Waals surface area contributed by atoms with E-state index in [1.165, 1.54) is 5.56 Å². The number of halogens is 1. The van der Waals surface area contributed by atoms with Crippen LogP contribution in [0.15, 0.2) is 48.7 Å². The molecule has 0 spiro atoms. The molecule has 4 heterocycles. The summed E-state index contributed by atoms with van der Waals surface area (Å²) in [5, 5.41) is 3.74. The van der Waals surface area contributed by atoms with Gasteiger partial charge in [-0.05, 0) is 55.9 Å². The number of rotatable bonds is 6. The summed E-state index contributed by atoms with van der Waals surface area (Å²) in [7, 11) is 0. The summed E-state index contributed by atoms with van der Waals surface area (Å²) in [4.78, 5) is 52.9. The van der Waals surface area contributed by atoms with Crippen LogP contribution in [-0.2, 0) is 29.0 Å². The van der Waals surface area contributed by atoms with Crippen LogP contribution < -0.4 is 5.32 Å². The fraction of sp³-hybridized carbons (Fsp3) is 0.406. The zero-order valence-corrected chi connectivity index (χ0v) is 25.1. The van der Waals surface area contributed by atoms with Crippen LogP contribution in [0, 0.1) is 0 Å². The predicted molar refractivity (Wildman–Crippen MR) is 163 cm³/mol. The average molecular weight is 603 g/mol. The van der Waals surface area contributed by atoms with Crippen molar-refractivity contribution in [1.29, 1.82) is 0 Å². The third-order valence-corrected chi connectivity index (χ3v) is 8.52. The lowest BCUT2D eigenvalue weighted by molar-refractivity contribution is -0.132. The molecular weight excluding hydrogens is 568 g/mol. The Morgan fingerprint density at radius 1 is 1.02 bits per heavy atom. The normalized spacial score (nSPS) is 16.7. The number of fused-ring (bicyclic) bond motifs is 2. The van der Waals surface area contributed by atoms with E-state index in [9.17, 15) is 14.4 Å². The molecule has 3 aliphatic heterocycles. The molecule has 1 aromatic heterocycles. The predicted octanol–water partition coefficient (Wildman–Crippen LogP) is 4.76. The fourth-order valence-electron chi connectivity index (χ4n) is 5.91. The minimum absolute atomic E-state index is 0.0430. The number of likely N-dealkylation sites (tertiary alicyclic amines) is 1. The van der Waals surface area contributed by atoms with Gasteiger partial charge in [-0.2, -0.15) is 0 Å². The van der Waals surface area contributed by atoms with Gasteiger partial charge in [-0.15, -0.1) is 0 Å². The monoisotopic (exact) mass is 602 g/mol. The molecule has 0 saturated carbocycles. The summed E-state index contributed by atoms with van der Waals surface area (Å²) in [6.07, 6.45) is 3.41. The van der Waals surface area contributed by atoms with Crippen LogP contribution >= 0.6 is 11.6 Å². The Bertz CT molecular complexity index is 1550. The second kappa shape index (κ2) is 12.2. The van der Waals surface area contributed by atoms with Crippen molar-refractivity contribution in [2.24, 2.45) is 0 Å². The van der Waals surface area contributed by atoms with Crippen molar-refractivity contribution in [2.45, 2.75) is 58.3 Å². The third-order valence-electron chi connectivity index (χ3n) is 8.24. The van der Waals surface area contributed by atoms with Crippen LogP contribution in [-0.4, -0.2) is 80.9 Å². The number of amides is 3. The molecule has 224 valence electrons. The van der Waals surface area contributed by atoms with E-state index in [0.29, 0.717) is 60.5 Å². The third kappa shape index (κ3) is 6.29. The summed E-state index contributed by atoms with van der Waals surface area (Å²) < 4.78 is 5.31. The number of piperidine rings is 1. The molecule has 3 aliphatic rings. The molecule has 3 aromatic rings. The number of carbonyl (C=O) groups is 3. The lowest BCUT2D eigenvalue weighted by Gasteiger charge is -2.32. The number of nitrogens with zero attached hydrogens (tertiary/aromatic N) is 5. The topological polar surface area (TPSA) is 108 Å². The molecule has 0 bridgehead atoms. The number of carbonyl (C=O) groups excluding carboxylic acids is 3. The van der Waals surface area contributed by atoms with Gasteiger partial charge in [0.2, 0.25) is 11.9 Å². The van der Waals surface area contributed by atoms with Crippen molar-refractivity contribution < 1.29 is 19.1 Å². The molecular formula is C32H35ClN6O4. The number of nitrogens with one attached hydrogen (secondary N) is 1. The maximum Gasteiger partial charge on any atom is 0.410 e. The van der Waals surface area contributed by atoms with E-state index in [0.717, 1.165) is 30.4 Å². The Morgan fingerprint density at radius 2 is 1.79 bits per heavy atom. The second-order valence-corrected chi connectivity index (χ2v) is 12.0. The number of hydrogen-bond acceptors (Lipinski definition) is 7. The standard InChI is InChI=1S/C32H35ClN6O4/c1-20(2)43-32(42)37-13-10-25(11-14-37)35-31-34-16-27(33)29(36-31)22-7-8-24-18-39(30(41)26(24)15-22)19-28(40)38-12-9-21-5-3-4-6-23(21)17-38/h3-8,15-16,20,25H,9-14,17-19H2,1-2H3,(H,34,35,36). The number of aromatic nitrogens is 2. The second-order valence-electron chi connectivity index (χ2n) is 11.6. The summed E-state index contributed by atoms with van der Waals surface area (Å²) in [6, 6.07) is 13.9. The van der Waals surface area contributed by atoms with E-state index >= 15 is 0 Å². The van der Waals surface area contributed by atoms with Gasteiger partial charge in [-0.3, -0.25) is 9.59 Å². The Hall–Kier alpha value is -4.18. The highest BCUT2D eigenvalue weighted by Gasteiger charge is 2.32. The van der Waals surface area contributed by atoms with Gasteiger partial charge in [0.25, 0.3) is 5.91 Å². The lowest BCUT2D eigenvalue weighted by atomic mass is 10.00. The molecule has 0 unspecified atom stereocenters. The van der Waals surface area contributed by atoms with Crippen LogP contribution in [0.1, 0.15) is 53.7 Å². The number of ether oxygens (including phenoxy) is 1. The molecule has 1 N–H and O–H groups in total. The summed E-state index contributed by atoms with van der Waals surface area (Å²) >= 11 is 6.52. The molecule has 3 amide bonds. The van der Waals surface area contributed by atoms with Gasteiger partial charge in [0.15, 0.2) is 0 Å². The maximum absolute atomic E-state index is 13.4. The van der Waals surface area contributed by atoms with E-state index in [2.05, 4.69) is 27.4 Å². The van der Waals surface area contributed by atoms with Gasteiger partial charge in [-0.25, -0.2) is 14.8 Å². The van der Waals surface area contributed by atoms with Gasteiger partial charge in [0.05, 0.1) is 23.0 Å². The molecule has 1 saturated heterocycles. The zero-order chi connectivity index (χ0) is 30.1. The molecule has 0 atom stereocenters. The fourth-order valence-corrected chi connectivity index (χ4v) is 6.11. The zero-order valence-electron chi connectivity index (χ0n) is 24.4. The summed E-state index contributed by atoms with van der Waals surface area (Å²) in [5.41, 5.74) is 5.09.